The van der Waals surface area contributed by atoms with E-state index in [0.29, 0.717) is 5.92 Å². The van der Waals surface area contributed by atoms with Gasteiger partial charge in [-0.2, -0.15) is 0 Å². The summed E-state index contributed by atoms with van der Waals surface area (Å²) in [5, 5.41) is 4.99. The molecule has 0 aliphatic heterocycles. The average Bonchev–Trinajstić information content (AvgIpc) is 2.82. The van der Waals surface area contributed by atoms with Crippen LogP contribution in [0, 0.1) is 5.92 Å². The molecule has 0 spiro atoms. The highest BCUT2D eigenvalue weighted by atomic mass is 32.1. The second-order valence-corrected chi connectivity index (χ2v) is 6.72. The van der Waals surface area contributed by atoms with Crippen LogP contribution in [0.3, 0.4) is 0 Å². The first-order valence-corrected chi connectivity index (χ1v) is 8.17. The maximum absolute atomic E-state index is 4.97. The molecule has 1 N–H and O–H groups in total. The summed E-state index contributed by atoms with van der Waals surface area (Å²) < 4.78 is 0. The van der Waals surface area contributed by atoms with Crippen molar-refractivity contribution in [3.8, 4) is 0 Å². The van der Waals surface area contributed by atoms with Crippen LogP contribution in [0.25, 0.3) is 0 Å². The second-order valence-electron chi connectivity index (χ2n) is 5.64. The molecule has 2 unspecified atom stereocenters. The zero-order valence-electron chi connectivity index (χ0n) is 12.2. The molecule has 0 radical (unpaired) electrons. The lowest BCUT2D eigenvalue weighted by Gasteiger charge is -2.34. The standard InChI is InChI=1S/C15H26N2S/c1-5-11(3)15(4,16-6-2)14-17-12-9-7-8-10-13(12)18-14/h11,16H,5-10H2,1-4H3. The quantitative estimate of drug-likeness (QED) is 0.874. The summed E-state index contributed by atoms with van der Waals surface area (Å²) in [6, 6.07) is 0. The molecule has 1 aliphatic rings. The van der Waals surface area contributed by atoms with Crippen LogP contribution in [-0.4, -0.2) is 11.5 Å². The van der Waals surface area contributed by atoms with E-state index in [-0.39, 0.29) is 5.54 Å². The number of aryl methyl sites for hydroxylation is 2. The molecule has 1 heterocycles. The van der Waals surface area contributed by atoms with Crippen LogP contribution >= 0.6 is 11.3 Å². The summed E-state index contributed by atoms with van der Waals surface area (Å²) in [4.78, 5) is 6.51. The summed E-state index contributed by atoms with van der Waals surface area (Å²) in [6.07, 6.45) is 6.28. The maximum atomic E-state index is 4.97. The van der Waals surface area contributed by atoms with E-state index in [4.69, 9.17) is 4.98 Å². The number of aromatic nitrogens is 1. The lowest BCUT2D eigenvalue weighted by Crippen LogP contribution is -2.44. The highest BCUT2D eigenvalue weighted by Gasteiger charge is 2.35. The van der Waals surface area contributed by atoms with Gasteiger partial charge in [0.15, 0.2) is 0 Å². The van der Waals surface area contributed by atoms with Crippen molar-refractivity contribution in [3.05, 3.63) is 15.6 Å². The molecule has 1 aromatic rings. The Labute approximate surface area is 115 Å². The molecule has 2 atom stereocenters. The van der Waals surface area contributed by atoms with Gasteiger partial charge in [-0.05, 0) is 45.1 Å². The Bertz CT molecular complexity index is 376. The molecule has 0 saturated carbocycles. The summed E-state index contributed by atoms with van der Waals surface area (Å²) in [6.45, 7) is 10.1. The van der Waals surface area contributed by atoms with Gasteiger partial charge in [0.05, 0.1) is 11.2 Å². The molecule has 2 rings (SSSR count). The third-order valence-corrected chi connectivity index (χ3v) is 5.83. The molecule has 0 bridgehead atoms. The fourth-order valence-corrected chi connectivity index (χ4v) is 4.20. The van der Waals surface area contributed by atoms with E-state index >= 15 is 0 Å². The predicted octanol–water partition coefficient (Wildman–Crippen LogP) is 3.89. The molecule has 18 heavy (non-hydrogen) atoms. The van der Waals surface area contributed by atoms with Crippen molar-refractivity contribution in [2.45, 2.75) is 65.3 Å². The fraction of sp³-hybridized carbons (Fsp3) is 0.800. The molecular weight excluding hydrogens is 240 g/mol. The zero-order valence-corrected chi connectivity index (χ0v) is 13.0. The van der Waals surface area contributed by atoms with Crippen LogP contribution in [0.1, 0.15) is 62.5 Å². The van der Waals surface area contributed by atoms with Gasteiger partial charge in [-0.1, -0.05) is 27.2 Å². The Balaban J connectivity index is 2.33. The summed E-state index contributed by atoms with van der Waals surface area (Å²) in [7, 11) is 0. The Morgan fingerprint density at radius 3 is 2.67 bits per heavy atom. The predicted molar refractivity (Wildman–Crippen MR) is 79.2 cm³/mol. The molecule has 102 valence electrons. The minimum Gasteiger partial charge on any atom is -0.306 e. The lowest BCUT2D eigenvalue weighted by molar-refractivity contribution is 0.245. The smallest absolute Gasteiger partial charge is 0.113 e. The SMILES string of the molecule is CCNC(C)(c1nc2c(s1)CCCC2)C(C)CC. The molecular formula is C15H26N2S. The van der Waals surface area contributed by atoms with Crippen molar-refractivity contribution in [1.29, 1.82) is 0 Å². The highest BCUT2D eigenvalue weighted by molar-refractivity contribution is 7.11. The summed E-state index contributed by atoms with van der Waals surface area (Å²) in [5.74, 6) is 0.616. The first-order valence-electron chi connectivity index (χ1n) is 7.35. The summed E-state index contributed by atoms with van der Waals surface area (Å²) in [5.41, 5.74) is 1.43. The van der Waals surface area contributed by atoms with E-state index in [9.17, 15) is 0 Å². The monoisotopic (exact) mass is 266 g/mol. The van der Waals surface area contributed by atoms with Gasteiger partial charge in [-0.25, -0.2) is 4.98 Å². The molecule has 3 heteroatoms. The van der Waals surface area contributed by atoms with Gasteiger partial charge >= 0.3 is 0 Å². The number of rotatable bonds is 5. The van der Waals surface area contributed by atoms with Crippen molar-refractivity contribution in [3.63, 3.8) is 0 Å². The Morgan fingerprint density at radius 2 is 2.06 bits per heavy atom. The average molecular weight is 266 g/mol. The Hall–Kier alpha value is -0.410. The van der Waals surface area contributed by atoms with Crippen LogP contribution in [0.2, 0.25) is 0 Å². The van der Waals surface area contributed by atoms with Gasteiger partial charge in [0.2, 0.25) is 0 Å². The molecule has 2 nitrogen and oxygen atoms in total. The topological polar surface area (TPSA) is 24.9 Å². The summed E-state index contributed by atoms with van der Waals surface area (Å²) >= 11 is 1.95. The van der Waals surface area contributed by atoms with E-state index < -0.39 is 0 Å². The van der Waals surface area contributed by atoms with Crippen LogP contribution < -0.4 is 5.32 Å². The molecule has 1 aliphatic carbocycles. The van der Waals surface area contributed by atoms with E-state index in [2.05, 4.69) is 33.0 Å². The first kappa shape index (κ1) is 14.0. The van der Waals surface area contributed by atoms with E-state index in [0.717, 1.165) is 6.54 Å². The van der Waals surface area contributed by atoms with Crippen LogP contribution in [0.5, 0.6) is 0 Å². The third-order valence-electron chi connectivity index (χ3n) is 4.43. The van der Waals surface area contributed by atoms with E-state index in [1.54, 1.807) is 4.88 Å². The van der Waals surface area contributed by atoms with Crippen molar-refractivity contribution < 1.29 is 0 Å². The van der Waals surface area contributed by atoms with Crippen LogP contribution in [0.15, 0.2) is 0 Å². The zero-order chi connectivity index (χ0) is 13.2. The molecule has 1 aromatic heterocycles. The van der Waals surface area contributed by atoms with Crippen LogP contribution in [0.4, 0.5) is 0 Å². The van der Waals surface area contributed by atoms with Gasteiger partial charge in [-0.15, -0.1) is 11.3 Å². The minimum absolute atomic E-state index is 0.0471. The molecule has 0 amide bonds. The van der Waals surface area contributed by atoms with Crippen molar-refractivity contribution in [2.24, 2.45) is 5.92 Å². The van der Waals surface area contributed by atoms with Gasteiger partial charge in [0, 0.05) is 4.88 Å². The van der Waals surface area contributed by atoms with Crippen molar-refractivity contribution in [1.82, 2.24) is 10.3 Å². The fourth-order valence-electron chi connectivity index (χ4n) is 2.81. The normalized spacial score (nSPS) is 20.2. The second kappa shape index (κ2) is 5.70. The van der Waals surface area contributed by atoms with Gasteiger partial charge in [0.25, 0.3) is 0 Å². The van der Waals surface area contributed by atoms with Gasteiger partial charge < -0.3 is 5.32 Å². The number of nitrogens with one attached hydrogen (secondary N) is 1. The Morgan fingerprint density at radius 1 is 1.33 bits per heavy atom. The number of thiazole rings is 1. The highest BCUT2D eigenvalue weighted by Crippen LogP contribution is 2.37. The largest absolute Gasteiger partial charge is 0.306 e. The van der Waals surface area contributed by atoms with Gasteiger partial charge in [0.1, 0.15) is 5.01 Å². The molecule has 0 saturated heterocycles. The maximum Gasteiger partial charge on any atom is 0.113 e. The third kappa shape index (κ3) is 2.48. The number of hydrogen-bond donors (Lipinski definition) is 1. The number of hydrogen-bond acceptors (Lipinski definition) is 3. The number of nitrogens with zero attached hydrogens (tertiary/aromatic N) is 1. The van der Waals surface area contributed by atoms with E-state index in [1.807, 2.05) is 11.3 Å². The lowest BCUT2D eigenvalue weighted by atomic mass is 9.85. The van der Waals surface area contributed by atoms with Gasteiger partial charge in [-0.3, -0.25) is 0 Å². The van der Waals surface area contributed by atoms with Crippen LogP contribution in [-0.2, 0) is 18.4 Å². The molecule has 0 aromatic carbocycles. The minimum atomic E-state index is 0.0471. The first-order chi connectivity index (χ1) is 8.61. The Kier molecular flexibility index (Phi) is 4.44. The number of fused-ring (bicyclic) bond motifs is 1. The molecule has 0 fully saturated rings. The van der Waals surface area contributed by atoms with Crippen molar-refractivity contribution >= 4 is 11.3 Å². The van der Waals surface area contributed by atoms with Crippen molar-refractivity contribution in [2.75, 3.05) is 6.54 Å². The van der Waals surface area contributed by atoms with E-state index in [1.165, 1.54) is 42.8 Å².